The van der Waals surface area contributed by atoms with Crippen LogP contribution in [0.1, 0.15) is 46.2 Å². The Morgan fingerprint density at radius 1 is 1.06 bits per heavy atom. The Balaban J connectivity index is 1.48. The fraction of sp³-hybridized carbons (Fsp3) is 0.286. The molecule has 3 aromatic rings. The molecule has 0 saturated carbocycles. The van der Waals surface area contributed by atoms with E-state index in [0.29, 0.717) is 40.0 Å². The molecule has 1 aliphatic heterocycles. The number of fused-ring (bicyclic) bond motifs is 3. The van der Waals surface area contributed by atoms with Crippen LogP contribution in [0.3, 0.4) is 0 Å². The van der Waals surface area contributed by atoms with Gasteiger partial charge < -0.3 is 14.8 Å². The van der Waals surface area contributed by atoms with Gasteiger partial charge in [0.25, 0.3) is 0 Å². The van der Waals surface area contributed by atoms with Crippen molar-refractivity contribution in [2.75, 3.05) is 12.4 Å². The maximum Gasteiger partial charge on any atom is 0.175 e. The average molecular weight is 559 g/mol. The number of nitrogens with one attached hydrogen (secondary N) is 1. The molecule has 176 valence electrons. The molecule has 0 radical (unpaired) electrons. The molecule has 0 amide bonds. The number of allylic oxidation sites excluding steroid dienone is 2. The number of methoxy groups -OCH3 is 1. The minimum absolute atomic E-state index is 0.165. The lowest BCUT2D eigenvalue weighted by molar-refractivity contribution is 0.282. The van der Waals surface area contributed by atoms with Crippen LogP contribution in [0.2, 0.25) is 10.0 Å². The Morgan fingerprint density at radius 3 is 2.62 bits per heavy atom. The number of anilines is 1. The lowest BCUT2D eigenvalue weighted by Gasteiger charge is -2.39. The second-order valence-corrected chi connectivity index (χ2v) is 10.7. The van der Waals surface area contributed by atoms with Crippen molar-refractivity contribution in [3.8, 4) is 11.5 Å². The number of aryl methyl sites for hydroxylation is 2. The molecule has 1 heterocycles. The summed E-state index contributed by atoms with van der Waals surface area (Å²) in [7, 11) is 1.67. The molecule has 3 aromatic carbocycles. The van der Waals surface area contributed by atoms with E-state index in [1.165, 1.54) is 27.9 Å². The van der Waals surface area contributed by atoms with Crippen molar-refractivity contribution < 1.29 is 9.47 Å². The Labute approximate surface area is 219 Å². The van der Waals surface area contributed by atoms with Crippen LogP contribution >= 0.6 is 39.1 Å². The molecule has 0 aromatic heterocycles. The molecule has 3 atom stereocenters. The minimum atomic E-state index is 0.165. The van der Waals surface area contributed by atoms with Crippen LogP contribution < -0.4 is 14.8 Å². The predicted molar refractivity (Wildman–Crippen MR) is 144 cm³/mol. The van der Waals surface area contributed by atoms with E-state index in [9.17, 15) is 0 Å². The second-order valence-electron chi connectivity index (χ2n) is 9.02. The molecule has 6 heteroatoms. The Bertz CT molecular complexity index is 1290. The van der Waals surface area contributed by atoms with Crippen molar-refractivity contribution in [3.63, 3.8) is 0 Å². The van der Waals surface area contributed by atoms with Crippen molar-refractivity contribution in [3.05, 3.63) is 97.0 Å². The second kappa shape index (κ2) is 9.49. The maximum absolute atomic E-state index is 6.33. The van der Waals surface area contributed by atoms with Gasteiger partial charge in [-0.25, -0.2) is 0 Å². The highest BCUT2D eigenvalue weighted by Gasteiger charge is 2.39. The van der Waals surface area contributed by atoms with E-state index in [1.807, 2.05) is 12.1 Å². The minimum Gasteiger partial charge on any atom is -0.493 e. The van der Waals surface area contributed by atoms with E-state index in [0.717, 1.165) is 16.5 Å². The number of hydrogen-bond acceptors (Lipinski definition) is 3. The third-order valence-corrected chi connectivity index (χ3v) is 8.12. The summed E-state index contributed by atoms with van der Waals surface area (Å²) in [6.07, 6.45) is 5.74. The number of rotatable bonds is 5. The van der Waals surface area contributed by atoms with Gasteiger partial charge in [0.15, 0.2) is 11.5 Å². The van der Waals surface area contributed by atoms with E-state index in [2.05, 4.69) is 71.5 Å². The number of hydrogen-bond donors (Lipinski definition) is 1. The molecule has 0 bridgehead atoms. The van der Waals surface area contributed by atoms with Gasteiger partial charge in [-0.05, 0) is 88.6 Å². The summed E-state index contributed by atoms with van der Waals surface area (Å²) in [6, 6.07) is 14.2. The molecule has 5 rings (SSSR count). The summed E-state index contributed by atoms with van der Waals surface area (Å²) in [4.78, 5) is 0. The summed E-state index contributed by atoms with van der Waals surface area (Å²) in [5.41, 5.74) is 7.34. The zero-order valence-electron chi connectivity index (χ0n) is 19.3. The van der Waals surface area contributed by atoms with Crippen LogP contribution in [0.25, 0.3) is 0 Å². The predicted octanol–water partition coefficient (Wildman–Crippen LogP) is 8.79. The first-order valence-corrected chi connectivity index (χ1v) is 12.9. The molecule has 1 N–H and O–H groups in total. The molecular formula is C28H26BrCl2NO2. The largest absolute Gasteiger partial charge is 0.493 e. The highest BCUT2D eigenvalue weighted by molar-refractivity contribution is 9.10. The maximum atomic E-state index is 6.33. The van der Waals surface area contributed by atoms with Crippen LogP contribution in [-0.2, 0) is 6.61 Å². The monoisotopic (exact) mass is 557 g/mol. The normalized spacial score (nSPS) is 20.5. The van der Waals surface area contributed by atoms with Crippen LogP contribution in [0.5, 0.6) is 11.5 Å². The van der Waals surface area contributed by atoms with Crippen molar-refractivity contribution >= 4 is 44.8 Å². The van der Waals surface area contributed by atoms with Gasteiger partial charge in [-0.1, -0.05) is 53.6 Å². The third-order valence-electron chi connectivity index (χ3n) is 6.94. The van der Waals surface area contributed by atoms with Gasteiger partial charge in [0, 0.05) is 27.2 Å². The van der Waals surface area contributed by atoms with E-state index in [-0.39, 0.29) is 6.04 Å². The van der Waals surface area contributed by atoms with Crippen LogP contribution in [0.4, 0.5) is 5.69 Å². The quantitative estimate of drug-likeness (QED) is 0.317. The molecular weight excluding hydrogens is 533 g/mol. The molecule has 0 spiro atoms. The van der Waals surface area contributed by atoms with Gasteiger partial charge in [0.05, 0.1) is 17.6 Å². The fourth-order valence-electron chi connectivity index (χ4n) is 5.22. The molecule has 1 aliphatic carbocycles. The van der Waals surface area contributed by atoms with Crippen molar-refractivity contribution in [1.82, 2.24) is 0 Å². The summed E-state index contributed by atoms with van der Waals surface area (Å²) in [6.45, 7) is 4.70. The summed E-state index contributed by atoms with van der Waals surface area (Å²) in [5, 5.41) is 5.05. The van der Waals surface area contributed by atoms with Gasteiger partial charge in [0.2, 0.25) is 0 Å². The van der Waals surface area contributed by atoms with Crippen LogP contribution in [-0.4, -0.2) is 7.11 Å². The number of benzene rings is 3. The topological polar surface area (TPSA) is 30.5 Å². The SMILES string of the molecule is COc1cc([C@@H]2Nc3c(C)ccc(C)c3[C@@H]3C=CC[C@@H]32)cc(Br)c1OCc1ccc(Cl)cc1Cl. The smallest absolute Gasteiger partial charge is 0.175 e. The zero-order valence-corrected chi connectivity index (χ0v) is 22.4. The van der Waals surface area contributed by atoms with Gasteiger partial charge >= 0.3 is 0 Å². The van der Waals surface area contributed by atoms with Crippen LogP contribution in [0.15, 0.2) is 59.1 Å². The first-order chi connectivity index (χ1) is 16.4. The lowest BCUT2D eigenvalue weighted by Crippen LogP contribution is -2.30. The zero-order chi connectivity index (χ0) is 24.0. The number of halogens is 3. The Hall–Kier alpha value is -2.14. The molecule has 0 unspecified atom stereocenters. The first kappa shape index (κ1) is 23.6. The fourth-order valence-corrected chi connectivity index (χ4v) is 6.26. The van der Waals surface area contributed by atoms with E-state index in [1.54, 1.807) is 13.2 Å². The highest BCUT2D eigenvalue weighted by Crippen LogP contribution is 2.53. The average Bonchev–Trinajstić information content (AvgIpc) is 3.30. The molecule has 3 nitrogen and oxygen atoms in total. The third kappa shape index (κ3) is 4.21. The van der Waals surface area contributed by atoms with Gasteiger partial charge in [0.1, 0.15) is 6.61 Å². The van der Waals surface area contributed by atoms with E-state index >= 15 is 0 Å². The van der Waals surface area contributed by atoms with Gasteiger partial charge in [-0.3, -0.25) is 0 Å². The van der Waals surface area contributed by atoms with Gasteiger partial charge in [-0.15, -0.1) is 0 Å². The highest BCUT2D eigenvalue weighted by atomic mass is 79.9. The molecule has 0 saturated heterocycles. The first-order valence-electron chi connectivity index (χ1n) is 11.3. The Kier molecular flexibility index (Phi) is 6.58. The van der Waals surface area contributed by atoms with E-state index in [4.69, 9.17) is 32.7 Å². The van der Waals surface area contributed by atoms with Crippen molar-refractivity contribution in [1.29, 1.82) is 0 Å². The molecule has 2 aliphatic rings. The van der Waals surface area contributed by atoms with Crippen molar-refractivity contribution in [2.24, 2.45) is 5.92 Å². The standard InChI is InChI=1S/C28H26BrCl2NO2/c1-15-7-8-16(2)26-25(15)20-5-4-6-21(20)27(32-26)18-11-22(29)28(24(12-18)33-3)34-14-17-9-10-19(30)13-23(17)31/h4-5,7-13,20-21,27,32H,6,14H2,1-3H3/t20-,21+,27+/m1/s1. The lowest BCUT2D eigenvalue weighted by atomic mass is 9.75. The van der Waals surface area contributed by atoms with Crippen molar-refractivity contribution in [2.45, 2.75) is 38.8 Å². The molecule has 0 fully saturated rings. The summed E-state index contributed by atoms with van der Waals surface area (Å²) < 4.78 is 12.8. The molecule has 34 heavy (non-hydrogen) atoms. The number of ether oxygens (including phenoxy) is 2. The summed E-state index contributed by atoms with van der Waals surface area (Å²) in [5.74, 6) is 2.20. The summed E-state index contributed by atoms with van der Waals surface area (Å²) >= 11 is 16.1. The van der Waals surface area contributed by atoms with E-state index < -0.39 is 0 Å². The Morgan fingerprint density at radius 2 is 1.85 bits per heavy atom. The van der Waals surface area contributed by atoms with Crippen LogP contribution in [0, 0.1) is 19.8 Å². The van der Waals surface area contributed by atoms with Gasteiger partial charge in [-0.2, -0.15) is 0 Å².